The highest BCUT2D eigenvalue weighted by atomic mass is 16.5. The van der Waals surface area contributed by atoms with Crippen molar-refractivity contribution in [2.24, 2.45) is 11.1 Å². The molecule has 0 heterocycles. The van der Waals surface area contributed by atoms with Crippen molar-refractivity contribution in [3.63, 3.8) is 0 Å². The molecule has 1 rings (SSSR count). The maximum atomic E-state index is 11.7. The van der Waals surface area contributed by atoms with E-state index >= 15 is 0 Å². The third kappa shape index (κ3) is 2.33. The monoisotopic (exact) mass is 242 g/mol. The van der Waals surface area contributed by atoms with Gasteiger partial charge in [0.15, 0.2) is 0 Å². The second-order valence-corrected chi connectivity index (χ2v) is 4.84. The van der Waals surface area contributed by atoms with Crippen LogP contribution in [-0.4, -0.2) is 43.2 Å². The van der Waals surface area contributed by atoms with E-state index < -0.39 is 0 Å². The van der Waals surface area contributed by atoms with Gasteiger partial charge in [0, 0.05) is 25.1 Å². The van der Waals surface area contributed by atoms with Crippen molar-refractivity contribution >= 4 is 5.91 Å². The summed E-state index contributed by atoms with van der Waals surface area (Å²) in [5, 5.41) is 0. The molecule has 0 saturated heterocycles. The van der Waals surface area contributed by atoms with Crippen molar-refractivity contribution in [3.05, 3.63) is 0 Å². The van der Waals surface area contributed by atoms with Gasteiger partial charge in [-0.05, 0) is 26.2 Å². The number of ether oxygens (including phenoxy) is 1. The summed E-state index contributed by atoms with van der Waals surface area (Å²) in [6.45, 7) is 7.23. The molecular weight excluding hydrogens is 216 g/mol. The van der Waals surface area contributed by atoms with Crippen LogP contribution < -0.4 is 5.73 Å². The number of hydrogen-bond acceptors (Lipinski definition) is 3. The number of amides is 1. The molecule has 0 aromatic heterocycles. The molecule has 1 aliphatic rings. The second kappa shape index (κ2) is 5.83. The smallest absolute Gasteiger partial charge is 0.236 e. The third-order valence-electron chi connectivity index (χ3n) is 4.46. The largest absolute Gasteiger partial charge is 0.378 e. The van der Waals surface area contributed by atoms with E-state index in [1.54, 1.807) is 0 Å². The highest BCUT2D eigenvalue weighted by Gasteiger charge is 2.55. The van der Waals surface area contributed by atoms with Crippen molar-refractivity contribution in [1.82, 2.24) is 4.90 Å². The molecule has 4 heteroatoms. The highest BCUT2D eigenvalue weighted by molar-refractivity contribution is 5.78. The predicted molar refractivity (Wildman–Crippen MR) is 68.7 cm³/mol. The summed E-state index contributed by atoms with van der Waals surface area (Å²) in [6.07, 6.45) is 3.32. The molecule has 2 atom stereocenters. The molecule has 2 N–H and O–H groups in total. The molecule has 0 spiro atoms. The minimum atomic E-state index is 0.0243. The lowest BCUT2D eigenvalue weighted by Crippen LogP contribution is -2.65. The van der Waals surface area contributed by atoms with Crippen molar-refractivity contribution in [1.29, 1.82) is 0 Å². The van der Waals surface area contributed by atoms with Crippen LogP contribution >= 0.6 is 0 Å². The molecule has 0 bridgehead atoms. The fourth-order valence-corrected chi connectivity index (χ4v) is 3.20. The maximum Gasteiger partial charge on any atom is 0.236 e. The van der Waals surface area contributed by atoms with Gasteiger partial charge in [-0.25, -0.2) is 0 Å². The molecule has 0 radical (unpaired) electrons. The third-order valence-corrected chi connectivity index (χ3v) is 4.46. The molecule has 100 valence electrons. The molecule has 0 aromatic carbocycles. The fourth-order valence-electron chi connectivity index (χ4n) is 3.20. The zero-order valence-corrected chi connectivity index (χ0v) is 11.5. The summed E-state index contributed by atoms with van der Waals surface area (Å²) in [7, 11) is 1.86. The Morgan fingerprint density at radius 3 is 2.41 bits per heavy atom. The topological polar surface area (TPSA) is 55.6 Å². The van der Waals surface area contributed by atoms with Gasteiger partial charge in [0.05, 0.1) is 12.6 Å². The van der Waals surface area contributed by atoms with E-state index in [0.29, 0.717) is 6.10 Å². The Bertz CT molecular complexity index is 264. The van der Waals surface area contributed by atoms with Crippen LogP contribution in [0, 0.1) is 5.41 Å². The molecule has 0 aromatic rings. The summed E-state index contributed by atoms with van der Waals surface area (Å²) < 4.78 is 5.80. The number of rotatable bonds is 6. The van der Waals surface area contributed by atoms with E-state index in [0.717, 1.165) is 25.9 Å². The van der Waals surface area contributed by atoms with Crippen LogP contribution in [0.4, 0.5) is 0 Å². The van der Waals surface area contributed by atoms with Crippen molar-refractivity contribution in [3.8, 4) is 0 Å². The average molecular weight is 242 g/mol. The lowest BCUT2D eigenvalue weighted by molar-refractivity contribution is -0.176. The van der Waals surface area contributed by atoms with Gasteiger partial charge >= 0.3 is 0 Å². The highest BCUT2D eigenvalue weighted by Crippen LogP contribution is 2.51. The lowest BCUT2D eigenvalue weighted by Gasteiger charge is -2.58. The molecule has 0 unspecified atom stereocenters. The van der Waals surface area contributed by atoms with Crippen LogP contribution in [0.2, 0.25) is 0 Å². The number of nitrogens with zero attached hydrogens (tertiary/aromatic N) is 1. The molecule has 0 aliphatic heterocycles. The van der Waals surface area contributed by atoms with Crippen molar-refractivity contribution in [2.75, 3.05) is 20.2 Å². The molecule has 4 nitrogen and oxygen atoms in total. The summed E-state index contributed by atoms with van der Waals surface area (Å²) in [6, 6.07) is 0.282. The number of carbonyl (C=O) groups is 1. The molecule has 17 heavy (non-hydrogen) atoms. The van der Waals surface area contributed by atoms with Crippen LogP contribution in [0.25, 0.3) is 0 Å². The second-order valence-electron chi connectivity index (χ2n) is 4.84. The van der Waals surface area contributed by atoms with E-state index in [-0.39, 0.29) is 23.9 Å². The Morgan fingerprint density at radius 1 is 1.41 bits per heavy atom. The van der Waals surface area contributed by atoms with Gasteiger partial charge in [0.1, 0.15) is 0 Å². The molecule has 1 aliphatic carbocycles. The van der Waals surface area contributed by atoms with Crippen LogP contribution in [-0.2, 0) is 9.53 Å². The van der Waals surface area contributed by atoms with E-state index in [9.17, 15) is 4.79 Å². The Balaban J connectivity index is 2.78. The van der Waals surface area contributed by atoms with E-state index in [2.05, 4.69) is 13.8 Å². The first-order valence-electron chi connectivity index (χ1n) is 6.64. The fraction of sp³-hybridized carbons (Fsp3) is 0.923. The first kappa shape index (κ1) is 14.5. The minimum absolute atomic E-state index is 0.0243. The van der Waals surface area contributed by atoms with Crippen LogP contribution in [0.1, 0.15) is 40.0 Å². The van der Waals surface area contributed by atoms with Gasteiger partial charge in [-0.15, -0.1) is 0 Å². The van der Waals surface area contributed by atoms with Gasteiger partial charge in [0.2, 0.25) is 5.91 Å². The van der Waals surface area contributed by atoms with Gasteiger partial charge < -0.3 is 15.4 Å². The van der Waals surface area contributed by atoms with E-state index in [1.165, 1.54) is 0 Å². The Labute approximate surface area is 104 Å². The molecule has 1 fully saturated rings. The summed E-state index contributed by atoms with van der Waals surface area (Å²) in [4.78, 5) is 13.5. The number of carbonyl (C=O) groups excluding carboxylic acids is 1. The molecule has 1 amide bonds. The first-order chi connectivity index (χ1) is 8.07. The number of hydrogen-bond donors (Lipinski definition) is 1. The lowest BCUT2D eigenvalue weighted by atomic mass is 9.58. The SMILES string of the molecule is CCO[C@H]1C[C@H](N(C)C(=O)CN)C1(CC)CC. The number of nitrogens with two attached hydrogens (primary N) is 1. The van der Waals surface area contributed by atoms with Crippen molar-refractivity contribution < 1.29 is 9.53 Å². The van der Waals surface area contributed by atoms with Gasteiger partial charge in [-0.2, -0.15) is 0 Å². The average Bonchev–Trinajstić information content (AvgIpc) is 2.34. The summed E-state index contributed by atoms with van der Waals surface area (Å²) in [5.74, 6) is 0.0243. The predicted octanol–water partition coefficient (Wildman–Crippen LogP) is 1.39. The molecular formula is C13H26N2O2. The van der Waals surface area contributed by atoms with Crippen molar-refractivity contribution in [2.45, 2.75) is 52.2 Å². The molecule has 1 saturated carbocycles. The number of likely N-dealkylation sites (N-methyl/N-ethyl adjacent to an activating group) is 1. The standard InChI is InChI=1S/C13H26N2O2/c1-5-13(6-2)10(8-11(13)17-7-3)15(4)12(16)9-14/h10-11H,5-9,14H2,1-4H3/t10-,11-/m0/s1. The van der Waals surface area contributed by atoms with Crippen LogP contribution in [0.15, 0.2) is 0 Å². The summed E-state index contributed by atoms with van der Waals surface area (Å²) >= 11 is 0. The summed E-state index contributed by atoms with van der Waals surface area (Å²) in [5.41, 5.74) is 5.55. The first-order valence-corrected chi connectivity index (χ1v) is 6.64. The normalized spacial score (nSPS) is 26.4. The van der Waals surface area contributed by atoms with Gasteiger partial charge in [-0.1, -0.05) is 13.8 Å². The minimum Gasteiger partial charge on any atom is -0.378 e. The van der Waals surface area contributed by atoms with Gasteiger partial charge in [0.25, 0.3) is 0 Å². The zero-order chi connectivity index (χ0) is 13.1. The Morgan fingerprint density at radius 2 is 2.00 bits per heavy atom. The van der Waals surface area contributed by atoms with E-state index in [1.807, 2.05) is 18.9 Å². The zero-order valence-electron chi connectivity index (χ0n) is 11.5. The maximum absolute atomic E-state index is 11.7. The van der Waals surface area contributed by atoms with Crippen LogP contribution in [0.3, 0.4) is 0 Å². The Kier molecular flexibility index (Phi) is 4.95. The quantitative estimate of drug-likeness (QED) is 0.765. The van der Waals surface area contributed by atoms with Crippen LogP contribution in [0.5, 0.6) is 0 Å². The van der Waals surface area contributed by atoms with E-state index in [4.69, 9.17) is 10.5 Å². The van der Waals surface area contributed by atoms with Gasteiger partial charge in [-0.3, -0.25) is 4.79 Å². The Hall–Kier alpha value is -0.610.